The Hall–Kier alpha value is -2.24. The van der Waals surface area contributed by atoms with E-state index in [9.17, 15) is 10.1 Å². The highest BCUT2D eigenvalue weighted by Crippen LogP contribution is 2.21. The lowest BCUT2D eigenvalue weighted by Gasteiger charge is -1.97. The topological polar surface area (TPSA) is 73.8 Å². The number of hydrogen-bond donors (Lipinski definition) is 0. The van der Waals surface area contributed by atoms with Gasteiger partial charge in [-0.05, 0) is 25.0 Å². The molecule has 19 heavy (non-hydrogen) atoms. The van der Waals surface area contributed by atoms with Gasteiger partial charge in [0.2, 0.25) is 0 Å². The standard InChI is InChI=1S/C13H14N4O2/c18-17(19)11-7-5-10(6-8-11)13-14-12-4-2-1-3-9-16(12)15-13/h5-8H,1-4,9H2. The van der Waals surface area contributed by atoms with E-state index in [1.54, 1.807) is 12.1 Å². The number of nitro groups is 1. The molecule has 3 rings (SSSR count). The summed E-state index contributed by atoms with van der Waals surface area (Å²) in [6, 6.07) is 6.38. The van der Waals surface area contributed by atoms with Gasteiger partial charge in [-0.15, -0.1) is 0 Å². The summed E-state index contributed by atoms with van der Waals surface area (Å²) in [6.45, 7) is 0.912. The molecule has 0 atom stereocenters. The number of nitrogens with zero attached hydrogens (tertiary/aromatic N) is 4. The summed E-state index contributed by atoms with van der Waals surface area (Å²) in [7, 11) is 0. The number of rotatable bonds is 2. The Morgan fingerprint density at radius 3 is 2.68 bits per heavy atom. The van der Waals surface area contributed by atoms with Crippen molar-refractivity contribution in [3.8, 4) is 11.4 Å². The average Bonchev–Trinajstić information content (AvgIpc) is 2.70. The highest BCUT2D eigenvalue weighted by molar-refractivity contribution is 5.57. The lowest BCUT2D eigenvalue weighted by molar-refractivity contribution is -0.384. The van der Waals surface area contributed by atoms with E-state index in [0.717, 1.165) is 37.2 Å². The summed E-state index contributed by atoms with van der Waals surface area (Å²) in [4.78, 5) is 14.8. The SMILES string of the molecule is O=[N+]([O-])c1ccc(-c2nc3n(n2)CCCCC3)cc1. The molecule has 1 aromatic carbocycles. The van der Waals surface area contributed by atoms with Crippen LogP contribution in [0.5, 0.6) is 0 Å². The zero-order valence-electron chi connectivity index (χ0n) is 10.5. The van der Waals surface area contributed by atoms with Crippen molar-refractivity contribution in [2.75, 3.05) is 0 Å². The molecular weight excluding hydrogens is 244 g/mol. The van der Waals surface area contributed by atoms with Crippen LogP contribution in [-0.4, -0.2) is 19.7 Å². The van der Waals surface area contributed by atoms with Gasteiger partial charge in [-0.3, -0.25) is 10.1 Å². The zero-order chi connectivity index (χ0) is 13.2. The van der Waals surface area contributed by atoms with Crippen molar-refractivity contribution in [1.82, 2.24) is 14.8 Å². The van der Waals surface area contributed by atoms with Gasteiger partial charge in [0.1, 0.15) is 5.82 Å². The molecule has 0 amide bonds. The number of aromatic nitrogens is 3. The molecule has 0 saturated carbocycles. The normalized spacial score (nSPS) is 14.7. The summed E-state index contributed by atoms with van der Waals surface area (Å²) in [5.41, 5.74) is 0.913. The molecule has 0 spiro atoms. The van der Waals surface area contributed by atoms with E-state index in [0.29, 0.717) is 5.82 Å². The third-order valence-electron chi connectivity index (χ3n) is 3.35. The Balaban J connectivity index is 1.91. The molecule has 6 heteroatoms. The number of aryl methyl sites for hydroxylation is 2. The van der Waals surface area contributed by atoms with Gasteiger partial charge in [0, 0.05) is 30.7 Å². The second-order valence-corrected chi connectivity index (χ2v) is 4.69. The van der Waals surface area contributed by atoms with Crippen molar-refractivity contribution in [3.05, 3.63) is 40.2 Å². The second-order valence-electron chi connectivity index (χ2n) is 4.69. The Kier molecular flexibility index (Phi) is 2.98. The van der Waals surface area contributed by atoms with Crippen LogP contribution in [0.3, 0.4) is 0 Å². The first-order valence-electron chi connectivity index (χ1n) is 6.42. The summed E-state index contributed by atoms with van der Waals surface area (Å²) < 4.78 is 1.96. The fourth-order valence-electron chi connectivity index (χ4n) is 2.31. The number of nitro benzene ring substituents is 1. The first-order chi connectivity index (χ1) is 9.24. The lowest BCUT2D eigenvalue weighted by Crippen LogP contribution is -2.02. The van der Waals surface area contributed by atoms with Gasteiger partial charge in [0.05, 0.1) is 4.92 Å². The van der Waals surface area contributed by atoms with Crippen LogP contribution in [0.15, 0.2) is 24.3 Å². The van der Waals surface area contributed by atoms with E-state index in [2.05, 4.69) is 10.1 Å². The smallest absolute Gasteiger partial charge is 0.258 e. The fraction of sp³-hybridized carbons (Fsp3) is 0.385. The summed E-state index contributed by atoms with van der Waals surface area (Å²) >= 11 is 0. The minimum Gasteiger partial charge on any atom is -0.258 e. The molecule has 0 saturated heterocycles. The summed E-state index contributed by atoms with van der Waals surface area (Å²) in [6.07, 6.45) is 4.46. The number of hydrogen-bond acceptors (Lipinski definition) is 4. The number of benzene rings is 1. The molecule has 2 aromatic rings. The van der Waals surface area contributed by atoms with E-state index >= 15 is 0 Å². The molecule has 1 aromatic heterocycles. The maximum absolute atomic E-state index is 10.6. The predicted molar refractivity (Wildman–Crippen MR) is 69.7 cm³/mol. The largest absolute Gasteiger partial charge is 0.269 e. The average molecular weight is 258 g/mol. The van der Waals surface area contributed by atoms with Crippen molar-refractivity contribution < 1.29 is 4.92 Å². The summed E-state index contributed by atoms with van der Waals surface area (Å²) in [5.74, 6) is 1.68. The Labute approximate surface area is 110 Å². The second kappa shape index (κ2) is 4.79. The van der Waals surface area contributed by atoms with Crippen molar-refractivity contribution in [3.63, 3.8) is 0 Å². The van der Waals surface area contributed by atoms with Crippen molar-refractivity contribution in [2.24, 2.45) is 0 Å². The maximum atomic E-state index is 10.6. The first kappa shape index (κ1) is 11.8. The van der Waals surface area contributed by atoms with Crippen LogP contribution < -0.4 is 0 Å². The van der Waals surface area contributed by atoms with Crippen LogP contribution >= 0.6 is 0 Å². The van der Waals surface area contributed by atoms with Crippen LogP contribution in [0.1, 0.15) is 25.1 Å². The van der Waals surface area contributed by atoms with Crippen molar-refractivity contribution in [1.29, 1.82) is 0 Å². The predicted octanol–water partition coefficient (Wildman–Crippen LogP) is 2.58. The number of fused-ring (bicyclic) bond motifs is 1. The zero-order valence-corrected chi connectivity index (χ0v) is 10.5. The van der Waals surface area contributed by atoms with E-state index in [-0.39, 0.29) is 5.69 Å². The highest BCUT2D eigenvalue weighted by atomic mass is 16.6. The minimum atomic E-state index is -0.403. The molecule has 0 N–H and O–H groups in total. The van der Waals surface area contributed by atoms with Gasteiger partial charge in [-0.1, -0.05) is 6.42 Å². The molecule has 0 fully saturated rings. The van der Waals surface area contributed by atoms with Crippen LogP contribution in [0.25, 0.3) is 11.4 Å². The van der Waals surface area contributed by atoms with E-state index in [1.165, 1.54) is 18.6 Å². The van der Waals surface area contributed by atoms with E-state index in [1.807, 2.05) is 4.68 Å². The van der Waals surface area contributed by atoms with Gasteiger partial charge in [0.25, 0.3) is 5.69 Å². The van der Waals surface area contributed by atoms with Crippen LogP contribution in [0.4, 0.5) is 5.69 Å². The van der Waals surface area contributed by atoms with Crippen molar-refractivity contribution in [2.45, 2.75) is 32.2 Å². The molecule has 6 nitrogen and oxygen atoms in total. The lowest BCUT2D eigenvalue weighted by atomic mass is 10.2. The molecule has 0 radical (unpaired) electrons. The van der Waals surface area contributed by atoms with Crippen LogP contribution in [-0.2, 0) is 13.0 Å². The molecule has 2 heterocycles. The summed E-state index contributed by atoms with van der Waals surface area (Å²) in [5, 5.41) is 15.1. The molecular formula is C13H14N4O2. The molecule has 1 aliphatic heterocycles. The maximum Gasteiger partial charge on any atom is 0.269 e. The van der Waals surface area contributed by atoms with Crippen molar-refractivity contribution >= 4 is 5.69 Å². The first-order valence-corrected chi connectivity index (χ1v) is 6.42. The molecule has 0 bridgehead atoms. The van der Waals surface area contributed by atoms with Gasteiger partial charge in [-0.2, -0.15) is 5.10 Å². The quantitative estimate of drug-likeness (QED) is 0.613. The Morgan fingerprint density at radius 1 is 1.16 bits per heavy atom. The minimum absolute atomic E-state index is 0.0875. The van der Waals surface area contributed by atoms with Crippen LogP contribution in [0.2, 0.25) is 0 Å². The Bertz CT molecular complexity index is 580. The monoisotopic (exact) mass is 258 g/mol. The van der Waals surface area contributed by atoms with Gasteiger partial charge < -0.3 is 0 Å². The third kappa shape index (κ3) is 2.33. The molecule has 1 aliphatic rings. The third-order valence-corrected chi connectivity index (χ3v) is 3.35. The molecule has 0 aliphatic carbocycles. The Morgan fingerprint density at radius 2 is 1.95 bits per heavy atom. The van der Waals surface area contributed by atoms with Gasteiger partial charge >= 0.3 is 0 Å². The molecule has 98 valence electrons. The number of non-ortho nitro benzene ring substituents is 1. The van der Waals surface area contributed by atoms with Crippen LogP contribution in [0, 0.1) is 10.1 Å². The van der Waals surface area contributed by atoms with Gasteiger partial charge in [-0.25, -0.2) is 9.67 Å². The van der Waals surface area contributed by atoms with E-state index < -0.39 is 4.92 Å². The highest BCUT2D eigenvalue weighted by Gasteiger charge is 2.14. The fourth-order valence-corrected chi connectivity index (χ4v) is 2.31. The van der Waals surface area contributed by atoms with E-state index in [4.69, 9.17) is 0 Å². The molecule has 0 unspecified atom stereocenters. The van der Waals surface area contributed by atoms with Gasteiger partial charge in [0.15, 0.2) is 5.82 Å².